The monoisotopic (exact) mass is 459 g/mol. The minimum Gasteiger partial charge on any atom is -0.341 e. The van der Waals surface area contributed by atoms with Gasteiger partial charge in [-0.3, -0.25) is 9.78 Å². The van der Waals surface area contributed by atoms with E-state index in [4.69, 9.17) is 4.98 Å². The molecular weight excluding hydrogens is 429 g/mol. The van der Waals surface area contributed by atoms with E-state index in [2.05, 4.69) is 21.8 Å². The van der Waals surface area contributed by atoms with Gasteiger partial charge in [-0.2, -0.15) is 0 Å². The fourth-order valence-corrected chi connectivity index (χ4v) is 5.15. The number of aromatic nitrogens is 3. The molecule has 6 nitrogen and oxygen atoms in total. The van der Waals surface area contributed by atoms with Crippen molar-refractivity contribution in [3.8, 4) is 0 Å². The number of hydrogen-bond donors (Lipinski definition) is 0. The molecule has 0 spiro atoms. The molecular formula is C27H30FN5O. The second-order valence-corrected chi connectivity index (χ2v) is 9.58. The summed E-state index contributed by atoms with van der Waals surface area (Å²) < 4.78 is 14.1. The molecule has 7 heteroatoms. The lowest BCUT2D eigenvalue weighted by Gasteiger charge is -2.41. The first-order valence-electron chi connectivity index (χ1n) is 12.1. The molecule has 3 aromatic rings. The van der Waals surface area contributed by atoms with Crippen molar-refractivity contribution in [3.63, 3.8) is 0 Å². The van der Waals surface area contributed by atoms with Crippen molar-refractivity contribution >= 4 is 11.9 Å². The Morgan fingerprint density at radius 1 is 1.03 bits per heavy atom. The molecule has 0 aliphatic carbocycles. The summed E-state index contributed by atoms with van der Waals surface area (Å²) in [6.07, 6.45) is 7.36. The van der Waals surface area contributed by atoms with Crippen LogP contribution in [0.15, 0.2) is 60.9 Å². The molecule has 1 amide bonds. The third-order valence-corrected chi connectivity index (χ3v) is 7.23. The number of nitrogens with zero attached hydrogens (tertiary/aromatic N) is 5. The summed E-state index contributed by atoms with van der Waals surface area (Å²) in [7, 11) is 0. The normalized spacial score (nSPS) is 19.9. The van der Waals surface area contributed by atoms with Crippen LogP contribution in [-0.2, 0) is 11.2 Å². The van der Waals surface area contributed by atoms with Crippen molar-refractivity contribution in [2.75, 3.05) is 24.5 Å². The van der Waals surface area contributed by atoms with Gasteiger partial charge in [0, 0.05) is 49.6 Å². The quantitative estimate of drug-likeness (QED) is 0.559. The zero-order chi connectivity index (χ0) is 23.5. The SMILES string of the molecule is CC1(C(=O)N2CCCC2c2cccc(Cc3ccccc3F)n2)CCN(c2ncccn2)CC1. The Morgan fingerprint density at radius 3 is 2.56 bits per heavy atom. The van der Waals surface area contributed by atoms with Gasteiger partial charge in [-0.05, 0) is 55.5 Å². The Morgan fingerprint density at radius 2 is 1.79 bits per heavy atom. The van der Waals surface area contributed by atoms with Gasteiger partial charge in [0.25, 0.3) is 0 Å². The Hall–Kier alpha value is -3.35. The Kier molecular flexibility index (Phi) is 6.26. The first kappa shape index (κ1) is 22.4. The highest BCUT2D eigenvalue weighted by atomic mass is 19.1. The number of piperidine rings is 1. The van der Waals surface area contributed by atoms with Gasteiger partial charge in [0.2, 0.25) is 11.9 Å². The van der Waals surface area contributed by atoms with Crippen LogP contribution in [-0.4, -0.2) is 45.4 Å². The fraction of sp³-hybridized carbons (Fsp3) is 0.407. The van der Waals surface area contributed by atoms with Gasteiger partial charge in [0.05, 0.1) is 11.7 Å². The molecule has 5 rings (SSSR count). The summed E-state index contributed by atoms with van der Waals surface area (Å²) in [5, 5.41) is 0. The highest BCUT2D eigenvalue weighted by molar-refractivity contribution is 5.83. The van der Waals surface area contributed by atoms with Crippen molar-refractivity contribution in [1.82, 2.24) is 19.9 Å². The number of rotatable bonds is 5. The first-order valence-corrected chi connectivity index (χ1v) is 12.1. The van der Waals surface area contributed by atoms with Gasteiger partial charge in [0.1, 0.15) is 5.82 Å². The minimum atomic E-state index is -0.404. The smallest absolute Gasteiger partial charge is 0.229 e. The highest BCUT2D eigenvalue weighted by Gasteiger charge is 2.43. The van der Waals surface area contributed by atoms with Gasteiger partial charge in [0.15, 0.2) is 0 Å². The van der Waals surface area contributed by atoms with Crippen LogP contribution in [0.4, 0.5) is 10.3 Å². The lowest BCUT2D eigenvalue weighted by molar-refractivity contribution is -0.143. The Bertz CT molecular complexity index is 1150. The topological polar surface area (TPSA) is 62.2 Å². The van der Waals surface area contributed by atoms with Gasteiger partial charge < -0.3 is 9.80 Å². The van der Waals surface area contributed by atoms with Crippen LogP contribution >= 0.6 is 0 Å². The zero-order valence-electron chi connectivity index (χ0n) is 19.5. The van der Waals surface area contributed by atoms with Gasteiger partial charge in [-0.25, -0.2) is 14.4 Å². The van der Waals surface area contributed by atoms with Gasteiger partial charge in [-0.1, -0.05) is 31.2 Å². The van der Waals surface area contributed by atoms with E-state index in [1.54, 1.807) is 24.5 Å². The van der Waals surface area contributed by atoms with Crippen molar-refractivity contribution in [1.29, 1.82) is 0 Å². The van der Waals surface area contributed by atoms with Crippen LogP contribution in [0.1, 0.15) is 55.6 Å². The molecule has 1 aromatic carbocycles. The van der Waals surface area contributed by atoms with Crippen LogP contribution in [0.3, 0.4) is 0 Å². The second kappa shape index (κ2) is 9.49. The van der Waals surface area contributed by atoms with Gasteiger partial charge >= 0.3 is 0 Å². The van der Waals surface area contributed by atoms with Crippen LogP contribution in [0.2, 0.25) is 0 Å². The number of amides is 1. The number of anilines is 1. The largest absolute Gasteiger partial charge is 0.341 e. The highest BCUT2D eigenvalue weighted by Crippen LogP contribution is 2.40. The molecule has 176 valence electrons. The van der Waals surface area contributed by atoms with E-state index in [1.165, 1.54) is 6.07 Å². The maximum absolute atomic E-state index is 14.1. The second-order valence-electron chi connectivity index (χ2n) is 9.58. The zero-order valence-corrected chi connectivity index (χ0v) is 19.5. The third-order valence-electron chi connectivity index (χ3n) is 7.23. The number of pyridine rings is 1. The van der Waals surface area contributed by atoms with Crippen molar-refractivity contribution < 1.29 is 9.18 Å². The van der Waals surface area contributed by atoms with E-state index in [0.717, 1.165) is 62.7 Å². The van der Waals surface area contributed by atoms with Crippen molar-refractivity contribution in [3.05, 3.63) is 83.7 Å². The van der Waals surface area contributed by atoms with E-state index < -0.39 is 5.41 Å². The first-order chi connectivity index (χ1) is 16.5. The molecule has 4 heterocycles. The summed E-state index contributed by atoms with van der Waals surface area (Å²) >= 11 is 0. The molecule has 2 saturated heterocycles. The number of carbonyl (C=O) groups is 1. The molecule has 0 saturated carbocycles. The molecule has 2 aromatic heterocycles. The van der Waals surface area contributed by atoms with Crippen LogP contribution in [0.25, 0.3) is 0 Å². The number of benzene rings is 1. The number of halogens is 1. The average molecular weight is 460 g/mol. The van der Waals surface area contributed by atoms with E-state index >= 15 is 0 Å². The predicted molar refractivity (Wildman–Crippen MR) is 129 cm³/mol. The van der Waals surface area contributed by atoms with Crippen LogP contribution < -0.4 is 4.90 Å². The van der Waals surface area contributed by atoms with E-state index in [0.29, 0.717) is 12.0 Å². The number of carbonyl (C=O) groups excluding carboxylic acids is 1. The maximum atomic E-state index is 14.1. The summed E-state index contributed by atoms with van der Waals surface area (Å²) in [4.78, 5) is 31.5. The Labute approximate surface area is 199 Å². The van der Waals surface area contributed by atoms with Crippen LogP contribution in [0, 0.1) is 11.2 Å². The molecule has 0 bridgehead atoms. The summed E-state index contributed by atoms with van der Waals surface area (Å²) in [6.45, 7) is 4.38. The molecule has 0 N–H and O–H groups in total. The lowest BCUT2D eigenvalue weighted by Crippen LogP contribution is -2.49. The van der Waals surface area contributed by atoms with E-state index in [9.17, 15) is 9.18 Å². The van der Waals surface area contributed by atoms with Gasteiger partial charge in [-0.15, -0.1) is 0 Å². The lowest BCUT2D eigenvalue weighted by atomic mass is 9.79. The molecule has 1 atom stereocenters. The Balaban J connectivity index is 1.29. The predicted octanol–water partition coefficient (Wildman–Crippen LogP) is 4.57. The fourth-order valence-electron chi connectivity index (χ4n) is 5.15. The van der Waals surface area contributed by atoms with E-state index in [-0.39, 0.29) is 17.8 Å². The molecule has 2 fully saturated rings. The third kappa shape index (κ3) is 4.52. The maximum Gasteiger partial charge on any atom is 0.229 e. The number of likely N-dealkylation sites (tertiary alicyclic amines) is 1. The molecule has 0 radical (unpaired) electrons. The summed E-state index contributed by atoms with van der Waals surface area (Å²) in [5.74, 6) is 0.726. The molecule has 1 unspecified atom stereocenters. The van der Waals surface area contributed by atoms with Crippen LogP contribution in [0.5, 0.6) is 0 Å². The summed E-state index contributed by atoms with van der Waals surface area (Å²) in [6, 6.07) is 14.5. The minimum absolute atomic E-state index is 0.0274. The molecule has 2 aliphatic heterocycles. The summed E-state index contributed by atoms with van der Waals surface area (Å²) in [5.41, 5.74) is 1.95. The van der Waals surface area contributed by atoms with Crippen molar-refractivity contribution in [2.45, 2.75) is 45.1 Å². The standard InChI is InChI=1S/C27H30FN5O/c1-27(12-17-32(18-13-27)26-29-14-6-15-30-26)25(34)33-16-5-11-24(33)23-10-4-8-21(31-23)19-20-7-2-3-9-22(20)28/h2-4,6-10,14-15,24H,5,11-13,16-19H2,1H3. The van der Waals surface area contributed by atoms with Crippen molar-refractivity contribution in [2.24, 2.45) is 5.41 Å². The number of hydrogen-bond acceptors (Lipinski definition) is 5. The average Bonchev–Trinajstić information content (AvgIpc) is 3.36. The molecule has 2 aliphatic rings. The van der Waals surface area contributed by atoms with E-state index in [1.807, 2.05) is 35.2 Å². The molecule has 34 heavy (non-hydrogen) atoms.